The Labute approximate surface area is 137 Å². The minimum atomic E-state index is -1.19. The molecule has 124 valence electrons. The molecule has 1 aromatic heterocycles. The molecule has 2 saturated carbocycles. The molecule has 1 aromatic carbocycles. The van der Waals surface area contributed by atoms with E-state index in [4.69, 9.17) is 0 Å². The van der Waals surface area contributed by atoms with Crippen LogP contribution in [0.4, 0.5) is 4.39 Å². The first kappa shape index (κ1) is 15.1. The smallest absolute Gasteiger partial charge is 0.329 e. The Hall–Kier alpha value is -2.50. The fourth-order valence-corrected chi connectivity index (χ4v) is 3.20. The van der Waals surface area contributed by atoms with Gasteiger partial charge in [-0.2, -0.15) is 0 Å². The van der Waals surface area contributed by atoms with Crippen LogP contribution in [0, 0.1) is 5.82 Å². The second-order valence-corrected chi connectivity index (χ2v) is 6.73. The van der Waals surface area contributed by atoms with Crippen molar-refractivity contribution in [1.82, 2.24) is 10.3 Å². The van der Waals surface area contributed by atoms with Crippen LogP contribution in [0.1, 0.15) is 54.1 Å². The van der Waals surface area contributed by atoms with Crippen LogP contribution >= 0.6 is 0 Å². The van der Waals surface area contributed by atoms with Crippen molar-refractivity contribution in [2.45, 2.75) is 43.6 Å². The number of nitrogens with zero attached hydrogens (tertiary/aromatic N) is 1. The minimum absolute atomic E-state index is 0.300. The number of amides is 1. The molecular formula is C18H17FN2O3. The normalized spacial score (nSPS) is 18.9. The van der Waals surface area contributed by atoms with Gasteiger partial charge >= 0.3 is 5.97 Å². The molecule has 0 aliphatic heterocycles. The van der Waals surface area contributed by atoms with E-state index >= 15 is 0 Å². The lowest BCUT2D eigenvalue weighted by Gasteiger charge is -2.38. The van der Waals surface area contributed by atoms with Gasteiger partial charge in [0.2, 0.25) is 0 Å². The summed E-state index contributed by atoms with van der Waals surface area (Å²) in [6.07, 6.45) is 3.66. The Kier molecular flexibility index (Phi) is 3.30. The predicted molar refractivity (Wildman–Crippen MR) is 85.4 cm³/mol. The molecule has 2 fully saturated rings. The largest absolute Gasteiger partial charge is 0.480 e. The molecule has 0 radical (unpaired) electrons. The minimum Gasteiger partial charge on any atom is -0.480 e. The second kappa shape index (κ2) is 5.26. The van der Waals surface area contributed by atoms with Gasteiger partial charge in [-0.3, -0.25) is 9.78 Å². The summed E-state index contributed by atoms with van der Waals surface area (Å²) in [5.41, 5.74) is 0.481. The molecule has 1 amide bonds. The molecule has 2 N–H and O–H groups in total. The summed E-state index contributed by atoms with van der Waals surface area (Å²) in [6.45, 7) is 0. The van der Waals surface area contributed by atoms with E-state index in [0.717, 1.165) is 25.0 Å². The molecule has 1 heterocycles. The van der Waals surface area contributed by atoms with Crippen LogP contribution in [0.2, 0.25) is 0 Å². The SMILES string of the molecule is O=C(NC1(C(=O)O)CCC1)c1cc(C2CC2)nc2ccc(F)cc12. The predicted octanol–water partition coefficient (Wildman–Crippen LogP) is 2.99. The number of carboxylic acid groups (broad SMARTS) is 1. The molecule has 0 unspecified atom stereocenters. The highest BCUT2D eigenvalue weighted by atomic mass is 19.1. The first-order valence-electron chi connectivity index (χ1n) is 8.15. The molecule has 0 bridgehead atoms. The van der Waals surface area contributed by atoms with Gasteiger partial charge in [0, 0.05) is 17.0 Å². The maximum Gasteiger partial charge on any atom is 0.329 e. The molecular weight excluding hydrogens is 311 g/mol. The van der Waals surface area contributed by atoms with Gasteiger partial charge in [0.25, 0.3) is 5.91 Å². The molecule has 6 heteroatoms. The lowest BCUT2D eigenvalue weighted by Crippen LogP contribution is -2.59. The summed E-state index contributed by atoms with van der Waals surface area (Å²) in [7, 11) is 0. The zero-order valence-corrected chi connectivity index (χ0v) is 13.0. The number of nitrogens with one attached hydrogen (secondary N) is 1. The van der Waals surface area contributed by atoms with Crippen LogP contribution in [0.3, 0.4) is 0 Å². The Bertz CT molecular complexity index is 857. The highest BCUT2D eigenvalue weighted by Gasteiger charge is 2.46. The lowest BCUT2D eigenvalue weighted by molar-refractivity contribution is -0.148. The standard InChI is InChI=1S/C18H17FN2O3/c19-11-4-5-14-12(8-11)13(9-15(20-14)10-2-3-10)16(22)21-18(17(23)24)6-1-7-18/h4-5,8-10H,1-3,6-7H2,(H,21,22)(H,23,24). The number of carbonyl (C=O) groups is 2. The van der Waals surface area contributed by atoms with E-state index in [-0.39, 0.29) is 0 Å². The highest BCUT2D eigenvalue weighted by molar-refractivity contribution is 6.07. The number of carbonyl (C=O) groups excluding carboxylic acids is 1. The average Bonchev–Trinajstić information content (AvgIpc) is 3.34. The van der Waals surface area contributed by atoms with Crippen molar-refractivity contribution in [3.05, 3.63) is 41.3 Å². The second-order valence-electron chi connectivity index (χ2n) is 6.73. The third-order valence-electron chi connectivity index (χ3n) is 5.00. The molecule has 2 aromatic rings. The molecule has 0 atom stereocenters. The van der Waals surface area contributed by atoms with Gasteiger partial charge < -0.3 is 10.4 Å². The highest BCUT2D eigenvalue weighted by Crippen LogP contribution is 2.40. The monoisotopic (exact) mass is 328 g/mol. The summed E-state index contributed by atoms with van der Waals surface area (Å²) in [6, 6.07) is 5.84. The maximum atomic E-state index is 13.6. The van der Waals surface area contributed by atoms with Crippen molar-refractivity contribution in [2.24, 2.45) is 0 Å². The third-order valence-corrected chi connectivity index (χ3v) is 5.00. The summed E-state index contributed by atoms with van der Waals surface area (Å²) in [5.74, 6) is -1.61. The number of carboxylic acids is 1. The number of fused-ring (bicyclic) bond motifs is 1. The molecule has 0 spiro atoms. The fourth-order valence-electron chi connectivity index (χ4n) is 3.20. The lowest BCUT2D eigenvalue weighted by atomic mass is 9.76. The van der Waals surface area contributed by atoms with E-state index in [1.165, 1.54) is 12.1 Å². The number of hydrogen-bond acceptors (Lipinski definition) is 3. The van der Waals surface area contributed by atoms with E-state index in [0.29, 0.717) is 35.2 Å². The number of benzene rings is 1. The zero-order valence-electron chi connectivity index (χ0n) is 13.0. The van der Waals surface area contributed by atoms with Gasteiger partial charge in [0.05, 0.1) is 11.1 Å². The Balaban J connectivity index is 1.77. The Morgan fingerprint density at radius 1 is 1.25 bits per heavy atom. The van der Waals surface area contributed by atoms with Crippen molar-refractivity contribution >= 4 is 22.8 Å². The van der Waals surface area contributed by atoms with E-state index in [9.17, 15) is 19.1 Å². The number of aliphatic carboxylic acids is 1. The molecule has 2 aliphatic rings. The van der Waals surface area contributed by atoms with Crippen molar-refractivity contribution in [2.75, 3.05) is 0 Å². The average molecular weight is 328 g/mol. The van der Waals surface area contributed by atoms with Crippen LogP contribution in [-0.2, 0) is 4.79 Å². The van der Waals surface area contributed by atoms with Crippen LogP contribution in [0.15, 0.2) is 24.3 Å². The van der Waals surface area contributed by atoms with E-state index < -0.39 is 23.2 Å². The van der Waals surface area contributed by atoms with E-state index in [1.807, 2.05) is 0 Å². The molecule has 0 saturated heterocycles. The molecule has 24 heavy (non-hydrogen) atoms. The topological polar surface area (TPSA) is 79.3 Å². The molecule has 5 nitrogen and oxygen atoms in total. The molecule has 4 rings (SSSR count). The van der Waals surface area contributed by atoms with Gasteiger partial charge in [0.15, 0.2) is 0 Å². The quantitative estimate of drug-likeness (QED) is 0.904. The Morgan fingerprint density at radius 3 is 2.58 bits per heavy atom. The van der Waals surface area contributed by atoms with Crippen molar-refractivity contribution in [1.29, 1.82) is 0 Å². The van der Waals surface area contributed by atoms with Crippen LogP contribution in [-0.4, -0.2) is 27.5 Å². The van der Waals surface area contributed by atoms with Gasteiger partial charge in [-0.05, 0) is 56.4 Å². The first-order chi connectivity index (χ1) is 11.5. The number of pyridine rings is 1. The van der Waals surface area contributed by atoms with Crippen molar-refractivity contribution in [3.63, 3.8) is 0 Å². The van der Waals surface area contributed by atoms with Gasteiger partial charge in [-0.15, -0.1) is 0 Å². The molecule has 2 aliphatic carbocycles. The summed E-state index contributed by atoms with van der Waals surface area (Å²) in [5, 5.41) is 12.5. The number of halogens is 1. The Morgan fingerprint density at radius 2 is 2.00 bits per heavy atom. The summed E-state index contributed by atoms with van der Waals surface area (Å²) in [4.78, 5) is 28.8. The van der Waals surface area contributed by atoms with E-state index in [1.54, 1.807) is 12.1 Å². The van der Waals surface area contributed by atoms with Crippen LogP contribution in [0.5, 0.6) is 0 Å². The number of hydrogen-bond donors (Lipinski definition) is 2. The third kappa shape index (κ3) is 2.42. The van der Waals surface area contributed by atoms with E-state index in [2.05, 4.69) is 10.3 Å². The number of rotatable bonds is 4. The zero-order chi connectivity index (χ0) is 16.9. The van der Waals surface area contributed by atoms with Gasteiger partial charge in [0.1, 0.15) is 11.4 Å². The summed E-state index contributed by atoms with van der Waals surface area (Å²) < 4.78 is 13.6. The number of aromatic nitrogens is 1. The van der Waals surface area contributed by atoms with Gasteiger partial charge in [-0.25, -0.2) is 9.18 Å². The van der Waals surface area contributed by atoms with Crippen LogP contribution in [0.25, 0.3) is 10.9 Å². The maximum absolute atomic E-state index is 13.6. The first-order valence-corrected chi connectivity index (χ1v) is 8.15. The van der Waals surface area contributed by atoms with Crippen molar-refractivity contribution < 1.29 is 19.1 Å². The van der Waals surface area contributed by atoms with Gasteiger partial charge in [-0.1, -0.05) is 0 Å². The van der Waals surface area contributed by atoms with Crippen LogP contribution < -0.4 is 5.32 Å². The fraction of sp³-hybridized carbons (Fsp3) is 0.389. The van der Waals surface area contributed by atoms with Crippen molar-refractivity contribution in [3.8, 4) is 0 Å². The summed E-state index contributed by atoms with van der Waals surface area (Å²) >= 11 is 0.